The zero-order chi connectivity index (χ0) is 18.4. The Morgan fingerprint density at radius 3 is 2.08 bits per heavy atom. The molecule has 3 aliphatic rings. The first-order chi connectivity index (χ1) is 12.6. The van der Waals surface area contributed by atoms with Crippen LogP contribution in [0.5, 0.6) is 0 Å². The van der Waals surface area contributed by atoms with Crippen LogP contribution in [0.1, 0.15) is 57.8 Å². The van der Waals surface area contributed by atoms with E-state index in [1.807, 2.05) is 9.80 Å². The van der Waals surface area contributed by atoms with E-state index in [1.165, 1.54) is 19.3 Å². The van der Waals surface area contributed by atoms with Gasteiger partial charge in [-0.15, -0.1) is 0 Å². The Hall–Kier alpha value is -1.14. The molecule has 2 N–H and O–H groups in total. The van der Waals surface area contributed by atoms with Crippen LogP contribution in [0, 0.1) is 5.41 Å². The van der Waals surface area contributed by atoms with Crippen molar-refractivity contribution in [3.63, 3.8) is 0 Å². The third-order valence-electron chi connectivity index (χ3n) is 6.63. The van der Waals surface area contributed by atoms with Gasteiger partial charge in [0, 0.05) is 45.7 Å². The highest BCUT2D eigenvalue weighted by Gasteiger charge is 2.35. The summed E-state index contributed by atoms with van der Waals surface area (Å²) in [6, 6.07) is 0. The van der Waals surface area contributed by atoms with Crippen LogP contribution >= 0.6 is 0 Å². The van der Waals surface area contributed by atoms with Crippen molar-refractivity contribution >= 4 is 11.8 Å². The smallest absolute Gasteiger partial charge is 0.236 e. The molecule has 0 aromatic carbocycles. The van der Waals surface area contributed by atoms with Crippen molar-refractivity contribution in [3.8, 4) is 0 Å². The second-order valence-electron chi connectivity index (χ2n) is 8.54. The molecular weight excluding hydrogens is 328 g/mol. The molecule has 3 fully saturated rings. The van der Waals surface area contributed by atoms with Gasteiger partial charge in [-0.25, -0.2) is 0 Å². The van der Waals surface area contributed by atoms with Crippen LogP contribution in [0.3, 0.4) is 0 Å². The molecule has 2 heterocycles. The van der Waals surface area contributed by atoms with Gasteiger partial charge in [-0.1, -0.05) is 19.3 Å². The monoisotopic (exact) mass is 364 g/mol. The molecule has 0 unspecified atom stereocenters. The minimum absolute atomic E-state index is 0.0348. The Morgan fingerprint density at radius 2 is 1.38 bits per heavy atom. The van der Waals surface area contributed by atoms with Gasteiger partial charge in [0.25, 0.3) is 0 Å². The molecule has 6 nitrogen and oxygen atoms in total. The standard InChI is InChI=1S/C20H36N4O2/c21-17-20(7-2-1-3-8-20)15-18(25)24-12-6-9-22(13-14-24)16-19(26)23-10-4-5-11-23/h1-17,21H2. The summed E-state index contributed by atoms with van der Waals surface area (Å²) >= 11 is 0. The average Bonchev–Trinajstić information content (AvgIpc) is 3.10. The molecule has 6 heteroatoms. The van der Waals surface area contributed by atoms with E-state index in [2.05, 4.69) is 4.90 Å². The van der Waals surface area contributed by atoms with Crippen LogP contribution in [-0.4, -0.2) is 78.9 Å². The summed E-state index contributed by atoms with van der Waals surface area (Å²) in [7, 11) is 0. The zero-order valence-electron chi connectivity index (χ0n) is 16.3. The lowest BCUT2D eigenvalue weighted by atomic mass is 9.71. The number of rotatable bonds is 5. The molecule has 0 aromatic heterocycles. The van der Waals surface area contributed by atoms with E-state index in [1.54, 1.807) is 0 Å². The summed E-state index contributed by atoms with van der Waals surface area (Å²) < 4.78 is 0. The molecule has 0 bridgehead atoms. The lowest BCUT2D eigenvalue weighted by Gasteiger charge is -2.37. The number of carbonyl (C=O) groups excluding carboxylic acids is 2. The third-order valence-corrected chi connectivity index (χ3v) is 6.63. The number of amides is 2. The van der Waals surface area contributed by atoms with Gasteiger partial charge in [0.05, 0.1) is 6.54 Å². The quantitative estimate of drug-likeness (QED) is 0.801. The largest absolute Gasteiger partial charge is 0.342 e. The molecule has 26 heavy (non-hydrogen) atoms. The van der Waals surface area contributed by atoms with Crippen LogP contribution in [0.25, 0.3) is 0 Å². The van der Waals surface area contributed by atoms with Crippen molar-refractivity contribution in [1.82, 2.24) is 14.7 Å². The second-order valence-corrected chi connectivity index (χ2v) is 8.54. The molecular formula is C20H36N4O2. The van der Waals surface area contributed by atoms with Gasteiger partial charge in [-0.2, -0.15) is 0 Å². The first-order valence-corrected chi connectivity index (χ1v) is 10.6. The first-order valence-electron chi connectivity index (χ1n) is 10.6. The fourth-order valence-electron chi connectivity index (χ4n) is 4.82. The zero-order valence-corrected chi connectivity index (χ0v) is 16.3. The predicted molar refractivity (Wildman–Crippen MR) is 103 cm³/mol. The topological polar surface area (TPSA) is 69.9 Å². The van der Waals surface area contributed by atoms with E-state index < -0.39 is 0 Å². The lowest BCUT2D eigenvalue weighted by molar-refractivity contribution is -0.134. The third kappa shape index (κ3) is 4.97. The minimum atomic E-state index is 0.0348. The van der Waals surface area contributed by atoms with Crippen LogP contribution < -0.4 is 5.73 Å². The van der Waals surface area contributed by atoms with E-state index in [0.717, 1.165) is 71.4 Å². The molecule has 0 aromatic rings. The van der Waals surface area contributed by atoms with Crippen LogP contribution in [0.4, 0.5) is 0 Å². The summed E-state index contributed by atoms with van der Waals surface area (Å²) in [6.07, 6.45) is 9.71. The highest BCUT2D eigenvalue weighted by molar-refractivity contribution is 5.78. The Bertz CT molecular complexity index is 484. The number of nitrogens with zero attached hydrogens (tertiary/aromatic N) is 3. The van der Waals surface area contributed by atoms with Gasteiger partial charge >= 0.3 is 0 Å². The van der Waals surface area contributed by atoms with Crippen molar-refractivity contribution in [2.24, 2.45) is 11.1 Å². The highest BCUT2D eigenvalue weighted by atomic mass is 16.2. The summed E-state index contributed by atoms with van der Waals surface area (Å²) in [4.78, 5) is 31.5. The maximum Gasteiger partial charge on any atom is 0.236 e. The molecule has 0 spiro atoms. The molecule has 2 saturated heterocycles. The van der Waals surface area contributed by atoms with Gasteiger partial charge in [0.2, 0.25) is 11.8 Å². The van der Waals surface area contributed by atoms with Crippen LogP contribution in [-0.2, 0) is 9.59 Å². The fourth-order valence-corrected chi connectivity index (χ4v) is 4.82. The van der Waals surface area contributed by atoms with Gasteiger partial charge in [-0.05, 0) is 44.1 Å². The van der Waals surface area contributed by atoms with Gasteiger partial charge in [-0.3, -0.25) is 14.5 Å². The van der Waals surface area contributed by atoms with E-state index in [4.69, 9.17) is 5.73 Å². The normalized spacial score (nSPS) is 24.5. The number of likely N-dealkylation sites (tertiary alicyclic amines) is 1. The van der Waals surface area contributed by atoms with Gasteiger partial charge in [0.15, 0.2) is 0 Å². The number of hydrogen-bond acceptors (Lipinski definition) is 4. The Morgan fingerprint density at radius 1 is 0.731 bits per heavy atom. The fraction of sp³-hybridized carbons (Fsp3) is 0.900. The maximum absolute atomic E-state index is 12.9. The Labute approximate surface area is 158 Å². The van der Waals surface area contributed by atoms with Gasteiger partial charge < -0.3 is 15.5 Å². The van der Waals surface area contributed by atoms with E-state index in [0.29, 0.717) is 19.5 Å². The van der Waals surface area contributed by atoms with E-state index in [-0.39, 0.29) is 17.2 Å². The molecule has 2 aliphatic heterocycles. The number of carbonyl (C=O) groups is 2. The summed E-state index contributed by atoms with van der Waals surface area (Å²) in [5.41, 5.74) is 6.10. The first kappa shape index (κ1) is 19.6. The highest BCUT2D eigenvalue weighted by Crippen LogP contribution is 2.38. The molecule has 0 radical (unpaired) electrons. The predicted octanol–water partition coefficient (Wildman–Crippen LogP) is 1.44. The Balaban J connectivity index is 1.48. The van der Waals surface area contributed by atoms with Crippen LogP contribution in [0.15, 0.2) is 0 Å². The SMILES string of the molecule is NCC1(CC(=O)N2CCCN(CC(=O)N3CCCC3)CC2)CCCCC1. The van der Waals surface area contributed by atoms with Crippen LogP contribution in [0.2, 0.25) is 0 Å². The van der Waals surface area contributed by atoms with Crippen molar-refractivity contribution in [3.05, 3.63) is 0 Å². The van der Waals surface area contributed by atoms with E-state index in [9.17, 15) is 9.59 Å². The van der Waals surface area contributed by atoms with Crippen molar-refractivity contribution < 1.29 is 9.59 Å². The minimum Gasteiger partial charge on any atom is -0.342 e. The number of hydrogen-bond donors (Lipinski definition) is 1. The van der Waals surface area contributed by atoms with Gasteiger partial charge in [0.1, 0.15) is 0 Å². The molecule has 2 amide bonds. The molecule has 1 saturated carbocycles. The molecule has 0 atom stereocenters. The van der Waals surface area contributed by atoms with Crippen molar-refractivity contribution in [2.45, 2.75) is 57.8 Å². The van der Waals surface area contributed by atoms with Crippen molar-refractivity contribution in [1.29, 1.82) is 0 Å². The molecule has 1 aliphatic carbocycles. The Kier molecular flexibility index (Phi) is 6.92. The second kappa shape index (κ2) is 9.18. The molecule has 148 valence electrons. The molecule has 3 rings (SSSR count). The summed E-state index contributed by atoms with van der Waals surface area (Å²) in [5, 5.41) is 0. The number of nitrogens with two attached hydrogens (primary N) is 1. The lowest BCUT2D eigenvalue weighted by Crippen LogP contribution is -2.43. The average molecular weight is 365 g/mol. The van der Waals surface area contributed by atoms with Crippen molar-refractivity contribution in [2.75, 3.05) is 52.4 Å². The van der Waals surface area contributed by atoms with E-state index >= 15 is 0 Å². The summed E-state index contributed by atoms with van der Waals surface area (Å²) in [5.74, 6) is 0.525. The summed E-state index contributed by atoms with van der Waals surface area (Å²) in [6.45, 7) is 6.24. The maximum atomic E-state index is 12.9.